The lowest BCUT2D eigenvalue weighted by Gasteiger charge is -2.09. The molecular formula is C18H16N4. The Morgan fingerprint density at radius 3 is 2.45 bits per heavy atom. The Morgan fingerprint density at radius 1 is 0.909 bits per heavy atom. The summed E-state index contributed by atoms with van der Waals surface area (Å²) in [5, 5.41) is 3.46. The molecule has 2 heterocycles. The Balaban J connectivity index is 1.80. The van der Waals surface area contributed by atoms with E-state index in [0.29, 0.717) is 6.04 Å². The highest BCUT2D eigenvalue weighted by Gasteiger charge is 2.22. The number of hydrogen-bond acceptors (Lipinski definition) is 4. The molecule has 0 amide bonds. The van der Waals surface area contributed by atoms with Crippen molar-refractivity contribution in [2.75, 3.05) is 5.32 Å². The summed E-state index contributed by atoms with van der Waals surface area (Å²) in [6, 6.07) is 16.6. The summed E-state index contributed by atoms with van der Waals surface area (Å²) in [5.74, 6) is 1.63. The highest BCUT2D eigenvalue weighted by molar-refractivity contribution is 5.67. The third kappa shape index (κ3) is 2.81. The van der Waals surface area contributed by atoms with E-state index in [9.17, 15) is 0 Å². The fourth-order valence-corrected chi connectivity index (χ4v) is 2.34. The van der Waals surface area contributed by atoms with Crippen LogP contribution in [-0.4, -0.2) is 21.0 Å². The van der Waals surface area contributed by atoms with Crippen LogP contribution in [-0.2, 0) is 0 Å². The lowest BCUT2D eigenvalue weighted by Crippen LogP contribution is -2.05. The van der Waals surface area contributed by atoms with E-state index >= 15 is 0 Å². The van der Waals surface area contributed by atoms with Crippen LogP contribution in [0.15, 0.2) is 60.9 Å². The van der Waals surface area contributed by atoms with Gasteiger partial charge in [-0.25, -0.2) is 9.97 Å². The first kappa shape index (κ1) is 13.0. The molecule has 0 saturated heterocycles. The van der Waals surface area contributed by atoms with Gasteiger partial charge < -0.3 is 5.32 Å². The summed E-state index contributed by atoms with van der Waals surface area (Å²) in [6.45, 7) is 0. The lowest BCUT2D eigenvalue weighted by molar-refractivity contribution is 1.09. The van der Waals surface area contributed by atoms with E-state index in [2.05, 4.69) is 15.3 Å². The minimum Gasteiger partial charge on any atom is -0.367 e. The molecule has 1 aliphatic rings. The Kier molecular flexibility index (Phi) is 3.27. The molecule has 108 valence electrons. The Labute approximate surface area is 129 Å². The number of rotatable bonds is 4. The second-order valence-corrected chi connectivity index (χ2v) is 5.49. The molecule has 0 aliphatic heterocycles. The molecule has 3 aromatic rings. The van der Waals surface area contributed by atoms with E-state index in [0.717, 1.165) is 28.5 Å². The van der Waals surface area contributed by atoms with Crippen LogP contribution in [0, 0.1) is 0 Å². The molecule has 0 atom stereocenters. The maximum Gasteiger partial charge on any atom is 0.162 e. The number of benzene rings is 1. The van der Waals surface area contributed by atoms with Crippen molar-refractivity contribution in [2.45, 2.75) is 18.9 Å². The van der Waals surface area contributed by atoms with Crippen molar-refractivity contribution in [2.24, 2.45) is 0 Å². The molecule has 2 aromatic heterocycles. The predicted octanol–water partition coefficient (Wildman–Crippen LogP) is 3.78. The van der Waals surface area contributed by atoms with Crippen LogP contribution < -0.4 is 5.32 Å². The first-order valence-corrected chi connectivity index (χ1v) is 7.50. The summed E-state index contributed by atoms with van der Waals surface area (Å²) in [4.78, 5) is 13.6. The van der Waals surface area contributed by atoms with Gasteiger partial charge in [0.2, 0.25) is 0 Å². The van der Waals surface area contributed by atoms with Crippen LogP contribution in [0.3, 0.4) is 0 Å². The van der Waals surface area contributed by atoms with Crippen molar-refractivity contribution in [1.29, 1.82) is 0 Å². The Hall–Kier alpha value is -2.75. The summed E-state index contributed by atoms with van der Waals surface area (Å²) < 4.78 is 0. The highest BCUT2D eigenvalue weighted by atomic mass is 15.1. The van der Waals surface area contributed by atoms with Crippen molar-refractivity contribution in [3.05, 3.63) is 60.9 Å². The molecule has 1 aliphatic carbocycles. The Bertz CT molecular complexity index is 710. The average molecular weight is 288 g/mol. The van der Waals surface area contributed by atoms with E-state index in [-0.39, 0.29) is 0 Å². The second-order valence-electron chi connectivity index (χ2n) is 5.49. The van der Waals surface area contributed by atoms with Gasteiger partial charge in [0.15, 0.2) is 5.82 Å². The van der Waals surface area contributed by atoms with Crippen molar-refractivity contribution in [3.63, 3.8) is 0 Å². The van der Waals surface area contributed by atoms with Gasteiger partial charge in [-0.3, -0.25) is 4.98 Å². The second kappa shape index (κ2) is 5.56. The van der Waals surface area contributed by atoms with Crippen molar-refractivity contribution >= 4 is 5.82 Å². The van der Waals surface area contributed by atoms with Gasteiger partial charge in [-0.15, -0.1) is 0 Å². The molecule has 4 rings (SSSR count). The number of pyridine rings is 1. The summed E-state index contributed by atoms with van der Waals surface area (Å²) >= 11 is 0. The third-order valence-electron chi connectivity index (χ3n) is 3.64. The molecule has 1 aromatic carbocycles. The van der Waals surface area contributed by atoms with Crippen molar-refractivity contribution < 1.29 is 0 Å². The van der Waals surface area contributed by atoms with Crippen LogP contribution >= 0.6 is 0 Å². The molecule has 22 heavy (non-hydrogen) atoms. The van der Waals surface area contributed by atoms with E-state index in [1.165, 1.54) is 12.8 Å². The topological polar surface area (TPSA) is 50.7 Å². The van der Waals surface area contributed by atoms with Gasteiger partial charge in [0, 0.05) is 35.6 Å². The standard InChI is InChI=1S/C18H16N4/c1-2-5-13(6-3-1)18-21-16(14-7-4-10-19-12-14)11-17(22-18)20-15-8-9-15/h1-7,10-12,15H,8-9H2,(H,20,21,22). The van der Waals surface area contributed by atoms with Crippen molar-refractivity contribution in [3.8, 4) is 22.6 Å². The molecular weight excluding hydrogens is 272 g/mol. The zero-order chi connectivity index (χ0) is 14.8. The summed E-state index contributed by atoms with van der Waals surface area (Å²) in [6.07, 6.45) is 6.03. The number of anilines is 1. The average Bonchev–Trinajstić information content (AvgIpc) is 3.40. The fraction of sp³-hybridized carbons (Fsp3) is 0.167. The van der Waals surface area contributed by atoms with Crippen LogP contribution in [0.2, 0.25) is 0 Å². The van der Waals surface area contributed by atoms with Gasteiger partial charge in [-0.1, -0.05) is 30.3 Å². The Morgan fingerprint density at radius 2 is 1.73 bits per heavy atom. The van der Waals surface area contributed by atoms with Crippen LogP contribution in [0.4, 0.5) is 5.82 Å². The van der Waals surface area contributed by atoms with Gasteiger partial charge in [0.05, 0.1) is 5.69 Å². The first-order valence-electron chi connectivity index (χ1n) is 7.50. The lowest BCUT2D eigenvalue weighted by atomic mass is 10.1. The number of nitrogens with zero attached hydrogens (tertiary/aromatic N) is 3. The van der Waals surface area contributed by atoms with E-state index in [4.69, 9.17) is 4.98 Å². The third-order valence-corrected chi connectivity index (χ3v) is 3.64. The first-order chi connectivity index (χ1) is 10.9. The predicted molar refractivity (Wildman–Crippen MR) is 87.3 cm³/mol. The van der Waals surface area contributed by atoms with Gasteiger partial charge in [0.1, 0.15) is 5.82 Å². The SMILES string of the molecule is c1ccc(-c2nc(NC3CC3)cc(-c3cccnc3)n2)cc1. The van der Waals surface area contributed by atoms with E-state index < -0.39 is 0 Å². The molecule has 4 heteroatoms. The van der Waals surface area contributed by atoms with E-state index in [1.807, 2.05) is 54.7 Å². The minimum atomic E-state index is 0.556. The fourth-order valence-electron chi connectivity index (χ4n) is 2.34. The van der Waals surface area contributed by atoms with E-state index in [1.54, 1.807) is 6.20 Å². The molecule has 1 fully saturated rings. The zero-order valence-corrected chi connectivity index (χ0v) is 12.1. The smallest absolute Gasteiger partial charge is 0.162 e. The largest absolute Gasteiger partial charge is 0.367 e. The molecule has 1 N–H and O–H groups in total. The van der Waals surface area contributed by atoms with Gasteiger partial charge in [-0.2, -0.15) is 0 Å². The minimum absolute atomic E-state index is 0.556. The van der Waals surface area contributed by atoms with Gasteiger partial charge >= 0.3 is 0 Å². The summed E-state index contributed by atoms with van der Waals surface area (Å²) in [5.41, 5.74) is 2.91. The number of nitrogens with one attached hydrogen (secondary N) is 1. The summed E-state index contributed by atoms with van der Waals surface area (Å²) in [7, 11) is 0. The normalized spacial score (nSPS) is 13.8. The quantitative estimate of drug-likeness (QED) is 0.793. The maximum atomic E-state index is 4.71. The molecule has 0 spiro atoms. The molecule has 0 bridgehead atoms. The highest BCUT2D eigenvalue weighted by Crippen LogP contribution is 2.28. The number of aromatic nitrogens is 3. The van der Waals surface area contributed by atoms with Crippen LogP contribution in [0.5, 0.6) is 0 Å². The molecule has 4 nitrogen and oxygen atoms in total. The van der Waals surface area contributed by atoms with Crippen LogP contribution in [0.1, 0.15) is 12.8 Å². The molecule has 0 unspecified atom stereocenters. The van der Waals surface area contributed by atoms with Crippen molar-refractivity contribution in [1.82, 2.24) is 15.0 Å². The van der Waals surface area contributed by atoms with Gasteiger partial charge in [0.25, 0.3) is 0 Å². The van der Waals surface area contributed by atoms with Crippen LogP contribution in [0.25, 0.3) is 22.6 Å². The zero-order valence-electron chi connectivity index (χ0n) is 12.1. The van der Waals surface area contributed by atoms with Gasteiger partial charge in [-0.05, 0) is 25.0 Å². The maximum absolute atomic E-state index is 4.71. The molecule has 1 saturated carbocycles. The molecule has 0 radical (unpaired) electrons. The monoisotopic (exact) mass is 288 g/mol. The number of hydrogen-bond donors (Lipinski definition) is 1.